The molecule has 74 valence electrons. The van der Waals surface area contributed by atoms with Crippen molar-refractivity contribution in [3.63, 3.8) is 0 Å². The minimum atomic E-state index is 0.821. The van der Waals surface area contributed by atoms with E-state index >= 15 is 0 Å². The molecule has 0 amide bonds. The van der Waals surface area contributed by atoms with E-state index in [0.29, 0.717) is 0 Å². The van der Waals surface area contributed by atoms with Crippen LogP contribution >= 0.6 is 11.3 Å². The zero-order valence-electron chi connectivity index (χ0n) is 8.42. The molecule has 0 bridgehead atoms. The van der Waals surface area contributed by atoms with Crippen LogP contribution in [-0.2, 0) is 6.54 Å². The highest BCUT2D eigenvalue weighted by molar-refractivity contribution is 7.09. The molecule has 3 heteroatoms. The maximum atomic E-state index is 4.21. The molecule has 0 aliphatic heterocycles. The van der Waals surface area contributed by atoms with Gasteiger partial charge in [-0.05, 0) is 25.3 Å². The van der Waals surface area contributed by atoms with Crippen LogP contribution in [0.15, 0.2) is 11.6 Å². The summed E-state index contributed by atoms with van der Waals surface area (Å²) in [5.41, 5.74) is 0. The monoisotopic (exact) mass is 198 g/mol. The van der Waals surface area contributed by atoms with Gasteiger partial charge in [0.05, 0.1) is 0 Å². The van der Waals surface area contributed by atoms with Crippen molar-refractivity contribution in [3.8, 4) is 0 Å². The maximum Gasteiger partial charge on any atom is 0.106 e. The fourth-order valence-electron chi connectivity index (χ4n) is 1.17. The molecule has 1 aromatic heterocycles. The fraction of sp³-hybridized carbons (Fsp3) is 0.700. The summed E-state index contributed by atoms with van der Waals surface area (Å²) < 4.78 is 0. The second-order valence-corrected chi connectivity index (χ2v) is 4.62. The predicted octanol–water partition coefficient (Wildman–Crippen LogP) is 2.67. The summed E-state index contributed by atoms with van der Waals surface area (Å²) >= 11 is 1.71. The number of hydrogen-bond acceptors (Lipinski definition) is 3. The summed E-state index contributed by atoms with van der Waals surface area (Å²) in [6, 6.07) is 0. The zero-order chi connectivity index (χ0) is 9.52. The number of thiazole rings is 1. The Labute approximate surface area is 84.4 Å². The Morgan fingerprint density at radius 3 is 3.00 bits per heavy atom. The van der Waals surface area contributed by atoms with Gasteiger partial charge in [-0.25, -0.2) is 4.98 Å². The molecule has 0 fully saturated rings. The van der Waals surface area contributed by atoms with Gasteiger partial charge in [0, 0.05) is 18.1 Å². The van der Waals surface area contributed by atoms with Crippen LogP contribution in [0.25, 0.3) is 0 Å². The highest BCUT2D eigenvalue weighted by atomic mass is 32.1. The molecule has 0 aromatic carbocycles. The number of hydrogen-bond donors (Lipinski definition) is 1. The number of nitrogens with zero attached hydrogens (tertiary/aromatic N) is 1. The van der Waals surface area contributed by atoms with E-state index in [-0.39, 0.29) is 0 Å². The first-order valence-corrected chi connectivity index (χ1v) is 5.76. The summed E-state index contributed by atoms with van der Waals surface area (Å²) in [5.74, 6) is 0.821. The van der Waals surface area contributed by atoms with Gasteiger partial charge in [-0.3, -0.25) is 0 Å². The highest BCUT2D eigenvalue weighted by Gasteiger charge is 1.95. The van der Waals surface area contributed by atoms with Crippen molar-refractivity contribution in [1.29, 1.82) is 0 Å². The molecule has 13 heavy (non-hydrogen) atoms. The van der Waals surface area contributed by atoms with Crippen LogP contribution < -0.4 is 5.32 Å². The Bertz CT molecular complexity index is 207. The average Bonchev–Trinajstić information content (AvgIpc) is 2.55. The van der Waals surface area contributed by atoms with Crippen LogP contribution in [0.1, 0.15) is 31.7 Å². The number of nitrogens with one attached hydrogen (secondary N) is 1. The van der Waals surface area contributed by atoms with Gasteiger partial charge in [0.1, 0.15) is 5.01 Å². The lowest BCUT2D eigenvalue weighted by Gasteiger charge is -2.04. The van der Waals surface area contributed by atoms with Crippen LogP contribution in [-0.4, -0.2) is 11.5 Å². The molecule has 0 aliphatic carbocycles. The van der Waals surface area contributed by atoms with Crippen molar-refractivity contribution in [1.82, 2.24) is 10.3 Å². The Balaban J connectivity index is 1.96. The van der Waals surface area contributed by atoms with Crippen LogP contribution in [0.4, 0.5) is 0 Å². The summed E-state index contributed by atoms with van der Waals surface area (Å²) in [6.07, 6.45) is 4.43. The van der Waals surface area contributed by atoms with E-state index < -0.39 is 0 Å². The lowest BCUT2D eigenvalue weighted by atomic mass is 10.1. The number of aromatic nitrogens is 1. The minimum Gasteiger partial charge on any atom is -0.310 e. The Hall–Kier alpha value is -0.410. The van der Waals surface area contributed by atoms with Crippen LogP contribution in [0.5, 0.6) is 0 Å². The van der Waals surface area contributed by atoms with Crippen molar-refractivity contribution in [3.05, 3.63) is 16.6 Å². The van der Waals surface area contributed by atoms with Gasteiger partial charge in [0.2, 0.25) is 0 Å². The molecule has 0 spiro atoms. The fourth-order valence-corrected chi connectivity index (χ4v) is 1.76. The first kappa shape index (κ1) is 10.7. The van der Waals surface area contributed by atoms with Gasteiger partial charge in [-0.15, -0.1) is 11.3 Å². The third kappa shape index (κ3) is 5.01. The summed E-state index contributed by atoms with van der Waals surface area (Å²) in [5, 5.41) is 6.59. The standard InChI is InChI=1S/C10H18N2S/c1-9(2)4-3-5-11-8-10-12-6-7-13-10/h6-7,9,11H,3-5,8H2,1-2H3. The van der Waals surface area contributed by atoms with Crippen molar-refractivity contribution in [2.45, 2.75) is 33.2 Å². The predicted molar refractivity (Wildman–Crippen MR) is 57.9 cm³/mol. The van der Waals surface area contributed by atoms with Crippen LogP contribution in [0, 0.1) is 5.92 Å². The maximum absolute atomic E-state index is 4.21. The van der Waals surface area contributed by atoms with E-state index in [9.17, 15) is 0 Å². The van der Waals surface area contributed by atoms with E-state index in [1.54, 1.807) is 11.3 Å². The molecule has 1 aromatic rings. The Kier molecular flexibility index (Phi) is 5.01. The molecule has 0 saturated carbocycles. The average molecular weight is 198 g/mol. The first-order chi connectivity index (χ1) is 6.29. The lowest BCUT2D eigenvalue weighted by Crippen LogP contribution is -2.14. The third-order valence-corrected chi connectivity index (χ3v) is 2.67. The molecule has 1 N–H and O–H groups in total. The minimum absolute atomic E-state index is 0.821. The second-order valence-electron chi connectivity index (χ2n) is 3.64. The third-order valence-electron chi connectivity index (χ3n) is 1.89. The lowest BCUT2D eigenvalue weighted by molar-refractivity contribution is 0.527. The molecular weight excluding hydrogens is 180 g/mol. The van der Waals surface area contributed by atoms with Crippen molar-refractivity contribution in [2.24, 2.45) is 5.92 Å². The van der Waals surface area contributed by atoms with Gasteiger partial charge in [0.25, 0.3) is 0 Å². The van der Waals surface area contributed by atoms with Crippen LogP contribution in [0.2, 0.25) is 0 Å². The van der Waals surface area contributed by atoms with Crippen molar-refractivity contribution < 1.29 is 0 Å². The van der Waals surface area contributed by atoms with Gasteiger partial charge in [-0.1, -0.05) is 13.8 Å². The summed E-state index contributed by atoms with van der Waals surface area (Å²) in [6.45, 7) is 6.56. The van der Waals surface area contributed by atoms with E-state index in [1.165, 1.54) is 17.8 Å². The molecule has 1 heterocycles. The van der Waals surface area contributed by atoms with Gasteiger partial charge in [0.15, 0.2) is 0 Å². The van der Waals surface area contributed by atoms with E-state index in [0.717, 1.165) is 19.0 Å². The molecule has 0 saturated heterocycles. The van der Waals surface area contributed by atoms with Crippen molar-refractivity contribution in [2.75, 3.05) is 6.54 Å². The molecule has 2 nitrogen and oxygen atoms in total. The molecular formula is C10H18N2S. The van der Waals surface area contributed by atoms with Gasteiger partial charge < -0.3 is 5.32 Å². The van der Waals surface area contributed by atoms with Gasteiger partial charge in [-0.2, -0.15) is 0 Å². The topological polar surface area (TPSA) is 24.9 Å². The Morgan fingerprint density at radius 2 is 2.38 bits per heavy atom. The zero-order valence-corrected chi connectivity index (χ0v) is 9.23. The molecule has 0 aliphatic rings. The van der Waals surface area contributed by atoms with Crippen LogP contribution in [0.3, 0.4) is 0 Å². The van der Waals surface area contributed by atoms with E-state index in [4.69, 9.17) is 0 Å². The number of rotatable bonds is 6. The molecule has 0 unspecified atom stereocenters. The van der Waals surface area contributed by atoms with Gasteiger partial charge >= 0.3 is 0 Å². The molecule has 0 radical (unpaired) electrons. The highest BCUT2D eigenvalue weighted by Crippen LogP contribution is 2.04. The normalized spacial score (nSPS) is 11.0. The summed E-state index contributed by atoms with van der Waals surface area (Å²) in [4.78, 5) is 4.21. The van der Waals surface area contributed by atoms with E-state index in [1.807, 2.05) is 11.6 Å². The molecule has 0 atom stereocenters. The summed E-state index contributed by atoms with van der Waals surface area (Å²) in [7, 11) is 0. The second kappa shape index (κ2) is 6.11. The SMILES string of the molecule is CC(C)CCCNCc1nccs1. The van der Waals surface area contributed by atoms with Crippen molar-refractivity contribution >= 4 is 11.3 Å². The molecule has 1 rings (SSSR count). The van der Waals surface area contributed by atoms with E-state index in [2.05, 4.69) is 24.1 Å². The quantitative estimate of drug-likeness (QED) is 0.711. The smallest absolute Gasteiger partial charge is 0.106 e. The largest absolute Gasteiger partial charge is 0.310 e. The first-order valence-electron chi connectivity index (χ1n) is 4.88. The Morgan fingerprint density at radius 1 is 1.54 bits per heavy atom.